The number of nitrogen functional groups attached to an aromatic ring is 1. The van der Waals surface area contributed by atoms with Crippen LogP contribution in [0.3, 0.4) is 0 Å². The molecule has 0 aliphatic rings. The maximum absolute atomic E-state index is 12.9. The number of pyridine rings is 1. The molecule has 0 radical (unpaired) electrons. The number of H-pyrrole nitrogens is 1. The van der Waals surface area contributed by atoms with Crippen LogP contribution in [-0.4, -0.2) is 4.98 Å². The topological polar surface area (TPSA) is 65.6 Å². The van der Waals surface area contributed by atoms with Crippen LogP contribution in [0.4, 0.5) is 10.1 Å². The van der Waals surface area contributed by atoms with E-state index in [-0.39, 0.29) is 21.0 Å². The van der Waals surface area contributed by atoms with Crippen molar-refractivity contribution in [2.24, 2.45) is 0 Å². The van der Waals surface area contributed by atoms with Gasteiger partial charge in [0.15, 0.2) is 5.82 Å². The smallest absolute Gasteiger partial charge is 0.182 e. The number of halogens is 2. The Labute approximate surface area is 77.6 Å². The van der Waals surface area contributed by atoms with Gasteiger partial charge in [0.1, 0.15) is 21.4 Å². The van der Waals surface area contributed by atoms with E-state index in [0.717, 1.165) is 0 Å². The Morgan fingerprint density at radius 2 is 2.25 bits per heavy atom. The molecule has 6 heteroatoms. The molecule has 1 aromatic heterocycles. The van der Waals surface area contributed by atoms with Gasteiger partial charge in [0, 0.05) is 0 Å². The number of nitrogens with one attached hydrogen (secondary N) is 1. The Balaban J connectivity index is 3.64. The molecule has 0 fully saturated rings. The molecule has 12 heavy (non-hydrogen) atoms. The predicted molar refractivity (Wildman–Crippen MR) is 45.7 cm³/mol. The molecule has 1 heterocycles. The van der Waals surface area contributed by atoms with E-state index in [4.69, 9.17) is 22.6 Å². The van der Waals surface area contributed by atoms with Gasteiger partial charge in [-0.2, -0.15) is 5.26 Å². The Bertz CT molecular complexity index is 420. The predicted octanol–water partition coefficient (Wildman–Crippen LogP) is 1.99. The van der Waals surface area contributed by atoms with E-state index >= 15 is 0 Å². The molecule has 0 aliphatic heterocycles. The normalized spacial score (nSPS) is 9.42. The second-order valence-corrected chi connectivity index (χ2v) is 2.77. The maximum atomic E-state index is 12.9. The fourth-order valence-corrected chi connectivity index (χ4v) is 1.04. The summed E-state index contributed by atoms with van der Waals surface area (Å²) in [6, 6.07) is 1.70. The van der Waals surface area contributed by atoms with Crippen LogP contribution in [0.5, 0.6) is 0 Å². The number of anilines is 1. The summed E-state index contributed by atoms with van der Waals surface area (Å²) in [5.74, 6) is -0.797. The van der Waals surface area contributed by atoms with Gasteiger partial charge in [0.2, 0.25) is 0 Å². The molecule has 1 rings (SSSR count). The SMILES string of the molecule is N#Cc1[nH]c(=S)c(F)c(N)c1Cl. The van der Waals surface area contributed by atoms with Crippen molar-refractivity contribution in [2.75, 3.05) is 5.73 Å². The van der Waals surface area contributed by atoms with E-state index < -0.39 is 5.82 Å². The summed E-state index contributed by atoms with van der Waals surface area (Å²) >= 11 is 10.0. The average molecular weight is 204 g/mol. The van der Waals surface area contributed by atoms with Crippen molar-refractivity contribution in [1.29, 1.82) is 5.26 Å². The van der Waals surface area contributed by atoms with Crippen molar-refractivity contribution in [3.05, 3.63) is 21.2 Å². The Morgan fingerprint density at radius 3 is 2.75 bits per heavy atom. The van der Waals surface area contributed by atoms with Crippen molar-refractivity contribution in [3.63, 3.8) is 0 Å². The third-order valence-corrected chi connectivity index (χ3v) is 1.92. The Morgan fingerprint density at radius 1 is 1.67 bits per heavy atom. The van der Waals surface area contributed by atoms with E-state index in [1.807, 2.05) is 0 Å². The van der Waals surface area contributed by atoms with Gasteiger partial charge in [0.25, 0.3) is 0 Å². The Hall–Kier alpha value is -1.12. The highest BCUT2D eigenvalue weighted by Crippen LogP contribution is 2.24. The summed E-state index contributed by atoms with van der Waals surface area (Å²) < 4.78 is 12.6. The number of aromatic nitrogens is 1. The molecule has 0 amide bonds. The van der Waals surface area contributed by atoms with Gasteiger partial charge in [0.05, 0.1) is 5.69 Å². The minimum absolute atomic E-state index is 0.0273. The van der Waals surface area contributed by atoms with Crippen LogP contribution in [0.2, 0.25) is 5.02 Å². The van der Waals surface area contributed by atoms with Crippen molar-refractivity contribution in [3.8, 4) is 6.07 Å². The molecular formula is C6H3ClFN3S. The molecule has 3 nitrogen and oxygen atoms in total. The number of hydrogen-bond acceptors (Lipinski definition) is 3. The van der Waals surface area contributed by atoms with Gasteiger partial charge in [-0.25, -0.2) is 4.39 Å². The zero-order valence-electron chi connectivity index (χ0n) is 5.69. The average Bonchev–Trinajstić information content (AvgIpc) is 2.08. The zero-order valence-corrected chi connectivity index (χ0v) is 7.26. The number of aromatic amines is 1. The molecule has 0 aromatic carbocycles. The van der Waals surface area contributed by atoms with Crippen molar-refractivity contribution in [1.82, 2.24) is 4.98 Å². The lowest BCUT2D eigenvalue weighted by Crippen LogP contribution is -1.98. The van der Waals surface area contributed by atoms with Crippen LogP contribution in [0, 0.1) is 21.8 Å². The first-order chi connectivity index (χ1) is 5.57. The van der Waals surface area contributed by atoms with Crippen LogP contribution in [-0.2, 0) is 0 Å². The highest BCUT2D eigenvalue weighted by molar-refractivity contribution is 7.71. The van der Waals surface area contributed by atoms with E-state index in [1.165, 1.54) is 0 Å². The molecule has 62 valence electrons. The van der Waals surface area contributed by atoms with Crippen molar-refractivity contribution < 1.29 is 4.39 Å². The first-order valence-electron chi connectivity index (χ1n) is 2.84. The van der Waals surface area contributed by atoms with Crippen molar-refractivity contribution in [2.45, 2.75) is 0 Å². The Kier molecular flexibility index (Phi) is 2.31. The van der Waals surface area contributed by atoms with Crippen LogP contribution in [0.1, 0.15) is 5.69 Å². The molecule has 0 unspecified atom stereocenters. The molecule has 0 saturated carbocycles. The van der Waals surface area contributed by atoms with E-state index in [1.54, 1.807) is 6.07 Å². The third kappa shape index (κ3) is 1.26. The molecule has 0 aliphatic carbocycles. The summed E-state index contributed by atoms with van der Waals surface area (Å²) in [7, 11) is 0. The summed E-state index contributed by atoms with van der Waals surface area (Å²) in [5, 5.41) is 8.33. The summed E-state index contributed by atoms with van der Waals surface area (Å²) in [5.41, 5.74) is 4.89. The highest BCUT2D eigenvalue weighted by atomic mass is 35.5. The minimum atomic E-state index is -0.797. The third-order valence-electron chi connectivity index (χ3n) is 1.24. The molecule has 0 atom stereocenters. The molecule has 3 N–H and O–H groups in total. The lowest BCUT2D eigenvalue weighted by Gasteiger charge is -2.00. The number of hydrogen-bond donors (Lipinski definition) is 2. The quantitative estimate of drug-likeness (QED) is 0.634. The number of nitriles is 1. The van der Waals surface area contributed by atoms with Gasteiger partial charge in [-0.05, 0) is 0 Å². The number of nitrogens with two attached hydrogens (primary N) is 1. The van der Waals surface area contributed by atoms with Crippen LogP contribution < -0.4 is 5.73 Å². The molecule has 0 spiro atoms. The summed E-state index contributed by atoms with van der Waals surface area (Å²) in [4.78, 5) is 2.30. The largest absolute Gasteiger partial charge is 0.395 e. The standard InChI is InChI=1S/C6H3ClFN3S/c7-3-2(1-9)11-6(12)4(8)5(3)10/h(H3,10,11,12). The monoisotopic (exact) mass is 203 g/mol. The molecule has 0 bridgehead atoms. The highest BCUT2D eigenvalue weighted by Gasteiger charge is 2.10. The lowest BCUT2D eigenvalue weighted by atomic mass is 10.3. The lowest BCUT2D eigenvalue weighted by molar-refractivity contribution is 0.621. The van der Waals surface area contributed by atoms with Crippen molar-refractivity contribution >= 4 is 29.5 Å². The van der Waals surface area contributed by atoms with Crippen LogP contribution in [0.15, 0.2) is 0 Å². The van der Waals surface area contributed by atoms with Gasteiger partial charge < -0.3 is 10.7 Å². The summed E-state index contributed by atoms with van der Waals surface area (Å²) in [6.07, 6.45) is 0. The van der Waals surface area contributed by atoms with Crippen LogP contribution in [0.25, 0.3) is 0 Å². The number of rotatable bonds is 0. The minimum Gasteiger partial charge on any atom is -0.395 e. The molecule has 1 aromatic rings. The van der Waals surface area contributed by atoms with E-state index in [0.29, 0.717) is 0 Å². The fourth-order valence-electron chi connectivity index (χ4n) is 0.654. The maximum Gasteiger partial charge on any atom is 0.182 e. The second kappa shape index (κ2) is 3.09. The van der Waals surface area contributed by atoms with Gasteiger partial charge >= 0.3 is 0 Å². The van der Waals surface area contributed by atoms with E-state index in [2.05, 4.69) is 17.2 Å². The van der Waals surface area contributed by atoms with Gasteiger partial charge in [-0.3, -0.25) is 0 Å². The fraction of sp³-hybridized carbons (Fsp3) is 0. The van der Waals surface area contributed by atoms with E-state index in [9.17, 15) is 4.39 Å². The molecule has 0 saturated heterocycles. The zero-order chi connectivity index (χ0) is 9.30. The van der Waals surface area contributed by atoms with Crippen LogP contribution >= 0.6 is 23.8 Å². The second-order valence-electron chi connectivity index (χ2n) is 1.98. The number of nitrogens with zero attached hydrogens (tertiary/aromatic N) is 1. The molecular weight excluding hydrogens is 201 g/mol. The van der Waals surface area contributed by atoms with Gasteiger partial charge in [-0.1, -0.05) is 23.8 Å². The first kappa shape index (κ1) is 8.97. The first-order valence-corrected chi connectivity index (χ1v) is 3.63. The van der Waals surface area contributed by atoms with Gasteiger partial charge in [-0.15, -0.1) is 0 Å². The summed E-state index contributed by atoms with van der Waals surface area (Å²) in [6.45, 7) is 0.